The zero-order valence-electron chi connectivity index (χ0n) is 53.4. The molecule has 0 aliphatic rings. The Bertz CT molecular complexity index is 1600. The second-order valence-electron chi connectivity index (χ2n) is 23.7. The van der Waals surface area contributed by atoms with Gasteiger partial charge in [0.1, 0.15) is 13.2 Å². The number of likely N-dealkylation sites (N-methyl/N-ethyl adjacent to an activating group) is 1. The Labute approximate surface area is 500 Å². The van der Waals surface area contributed by atoms with Crippen LogP contribution in [0, 0.1) is 0 Å². The van der Waals surface area contributed by atoms with Crippen molar-refractivity contribution in [3.05, 3.63) is 85.1 Å². The number of allylic oxidation sites excluding steroid dienone is 14. The second kappa shape index (κ2) is 62.5. The van der Waals surface area contributed by atoms with Crippen molar-refractivity contribution in [3.8, 4) is 0 Å². The van der Waals surface area contributed by atoms with Crippen LogP contribution in [0.2, 0.25) is 0 Å². The molecule has 0 rings (SSSR count). The minimum atomic E-state index is -1.63. The molecule has 0 aromatic heterocycles. The first-order chi connectivity index (χ1) is 39.6. The van der Waals surface area contributed by atoms with Gasteiger partial charge < -0.3 is 33.3 Å². The van der Waals surface area contributed by atoms with Crippen LogP contribution in [0.3, 0.4) is 0 Å². The van der Waals surface area contributed by atoms with Gasteiger partial charge in [0, 0.05) is 12.8 Å². The summed E-state index contributed by atoms with van der Waals surface area (Å²) >= 11 is 0. The molecule has 0 fully saturated rings. The third-order valence-electron chi connectivity index (χ3n) is 14.6. The molecule has 81 heavy (non-hydrogen) atoms. The SMILES string of the molecule is CC/C=C\C/C=C\C/C=C\C/C=C\C/C=C\CCCCCCCCCCCCCC(=O)OC(COC(=O)CCCCCCCCCCCCCCCCCCC/C=C\C/C=C\CCCCCCC)COC(OCC[N+](C)(C)C)C(=O)[O-]. The summed E-state index contributed by atoms with van der Waals surface area (Å²) in [5.41, 5.74) is 0. The van der Waals surface area contributed by atoms with Gasteiger partial charge in [-0.3, -0.25) is 9.59 Å². The van der Waals surface area contributed by atoms with E-state index in [0.717, 1.165) is 83.5 Å². The summed E-state index contributed by atoms with van der Waals surface area (Å²) in [5.74, 6) is -2.28. The molecule has 9 nitrogen and oxygen atoms in total. The fourth-order valence-electron chi connectivity index (χ4n) is 9.48. The predicted molar refractivity (Wildman–Crippen MR) is 343 cm³/mol. The van der Waals surface area contributed by atoms with Gasteiger partial charge in [0.25, 0.3) is 0 Å². The quantitative estimate of drug-likeness (QED) is 0.0195. The molecule has 0 aliphatic heterocycles. The highest BCUT2D eigenvalue weighted by Crippen LogP contribution is 2.17. The first-order valence-electron chi connectivity index (χ1n) is 33.7. The number of unbranched alkanes of at least 4 members (excludes halogenated alkanes) is 33. The van der Waals surface area contributed by atoms with Crippen molar-refractivity contribution in [1.82, 2.24) is 0 Å². The van der Waals surface area contributed by atoms with E-state index < -0.39 is 24.3 Å². The molecular weight excluding hydrogens is 1010 g/mol. The number of quaternary nitrogens is 1. The summed E-state index contributed by atoms with van der Waals surface area (Å²) < 4.78 is 22.8. The van der Waals surface area contributed by atoms with Gasteiger partial charge in [0.05, 0.1) is 40.3 Å². The first kappa shape index (κ1) is 77.5. The molecule has 0 aliphatic carbocycles. The lowest BCUT2D eigenvalue weighted by Crippen LogP contribution is -2.44. The molecule has 0 spiro atoms. The van der Waals surface area contributed by atoms with Gasteiger partial charge in [-0.15, -0.1) is 0 Å². The van der Waals surface area contributed by atoms with Crippen LogP contribution in [0.5, 0.6) is 0 Å². The van der Waals surface area contributed by atoms with Crippen LogP contribution in [-0.2, 0) is 33.3 Å². The van der Waals surface area contributed by atoms with E-state index in [1.807, 2.05) is 21.1 Å². The van der Waals surface area contributed by atoms with Gasteiger partial charge in [-0.05, 0) is 89.9 Å². The number of carbonyl (C=O) groups is 3. The summed E-state index contributed by atoms with van der Waals surface area (Å²) in [6.07, 6.45) is 80.8. The van der Waals surface area contributed by atoms with E-state index in [2.05, 4.69) is 98.9 Å². The minimum absolute atomic E-state index is 0.145. The number of carboxylic acids is 1. The zero-order chi connectivity index (χ0) is 59.1. The molecular formula is C72H127NO8. The summed E-state index contributed by atoms with van der Waals surface area (Å²) in [6.45, 7) is 4.65. The average Bonchev–Trinajstić information content (AvgIpc) is 3.44. The zero-order valence-corrected chi connectivity index (χ0v) is 53.4. The van der Waals surface area contributed by atoms with Crippen molar-refractivity contribution in [2.24, 2.45) is 0 Å². The number of carboxylic acid groups (broad SMARTS) is 1. The van der Waals surface area contributed by atoms with Gasteiger partial charge >= 0.3 is 11.9 Å². The van der Waals surface area contributed by atoms with Crippen molar-refractivity contribution < 1.29 is 42.9 Å². The van der Waals surface area contributed by atoms with E-state index in [0.29, 0.717) is 23.9 Å². The minimum Gasteiger partial charge on any atom is -0.545 e. The van der Waals surface area contributed by atoms with Crippen LogP contribution in [0.1, 0.15) is 296 Å². The maximum atomic E-state index is 12.9. The number of ether oxygens (including phenoxy) is 4. The molecule has 0 saturated heterocycles. The van der Waals surface area contributed by atoms with Gasteiger partial charge in [-0.2, -0.15) is 0 Å². The molecule has 0 aromatic rings. The largest absolute Gasteiger partial charge is 0.545 e. The molecule has 468 valence electrons. The monoisotopic (exact) mass is 1130 g/mol. The van der Waals surface area contributed by atoms with Crippen molar-refractivity contribution in [2.45, 2.75) is 309 Å². The maximum Gasteiger partial charge on any atom is 0.306 e. The van der Waals surface area contributed by atoms with E-state index in [1.165, 1.54) is 180 Å². The number of nitrogens with zero attached hydrogens (tertiary/aromatic N) is 1. The average molecular weight is 1130 g/mol. The topological polar surface area (TPSA) is 111 Å². The van der Waals surface area contributed by atoms with Gasteiger partial charge in [0.2, 0.25) is 0 Å². The normalized spacial score (nSPS) is 13.2. The summed E-state index contributed by atoms with van der Waals surface area (Å²) in [5, 5.41) is 11.8. The Morgan fingerprint density at radius 1 is 0.383 bits per heavy atom. The van der Waals surface area contributed by atoms with Crippen molar-refractivity contribution in [3.63, 3.8) is 0 Å². The lowest BCUT2D eigenvalue weighted by molar-refractivity contribution is -0.870. The fraction of sp³-hybridized carbons (Fsp3) is 0.764. The van der Waals surface area contributed by atoms with Crippen molar-refractivity contribution in [1.29, 1.82) is 0 Å². The van der Waals surface area contributed by atoms with Crippen LogP contribution in [0.25, 0.3) is 0 Å². The third-order valence-corrected chi connectivity index (χ3v) is 14.6. The highest BCUT2D eigenvalue weighted by atomic mass is 16.7. The number of hydrogen-bond donors (Lipinski definition) is 0. The van der Waals surface area contributed by atoms with Crippen LogP contribution in [0.15, 0.2) is 85.1 Å². The van der Waals surface area contributed by atoms with Gasteiger partial charge in [0.15, 0.2) is 12.4 Å². The molecule has 0 bridgehead atoms. The molecule has 2 unspecified atom stereocenters. The van der Waals surface area contributed by atoms with Crippen LogP contribution < -0.4 is 5.11 Å². The molecule has 9 heteroatoms. The molecule has 0 N–H and O–H groups in total. The van der Waals surface area contributed by atoms with E-state index >= 15 is 0 Å². The molecule has 0 amide bonds. The highest BCUT2D eigenvalue weighted by Gasteiger charge is 2.22. The second-order valence-corrected chi connectivity index (χ2v) is 23.7. The molecule has 0 aromatic carbocycles. The first-order valence-corrected chi connectivity index (χ1v) is 33.7. The maximum absolute atomic E-state index is 12.9. The Morgan fingerprint density at radius 2 is 0.704 bits per heavy atom. The Kier molecular flexibility index (Phi) is 59.8. The van der Waals surface area contributed by atoms with Crippen molar-refractivity contribution in [2.75, 3.05) is 47.5 Å². The lowest BCUT2D eigenvalue weighted by Gasteiger charge is -2.26. The third kappa shape index (κ3) is 63.9. The number of hydrogen-bond acceptors (Lipinski definition) is 8. The van der Waals surface area contributed by atoms with E-state index in [9.17, 15) is 19.5 Å². The van der Waals surface area contributed by atoms with Crippen molar-refractivity contribution >= 4 is 17.9 Å². The van der Waals surface area contributed by atoms with E-state index in [-0.39, 0.29) is 32.2 Å². The number of esters is 2. The molecule has 0 heterocycles. The van der Waals surface area contributed by atoms with E-state index in [1.54, 1.807) is 0 Å². The van der Waals surface area contributed by atoms with Crippen LogP contribution >= 0.6 is 0 Å². The number of aliphatic carboxylic acids is 1. The smallest absolute Gasteiger partial charge is 0.306 e. The molecule has 2 atom stereocenters. The number of carbonyl (C=O) groups excluding carboxylic acids is 3. The Morgan fingerprint density at radius 3 is 1.05 bits per heavy atom. The van der Waals surface area contributed by atoms with E-state index in [4.69, 9.17) is 18.9 Å². The van der Waals surface area contributed by atoms with Gasteiger partial charge in [-0.25, -0.2) is 0 Å². The standard InChI is InChI=1S/C72H127NO8/c1-6-8-10-12-14-16-18-20-22-24-26-28-30-32-34-35-37-38-40-42-44-46-48-50-52-54-56-58-60-62-69(74)79-66-68(67-80-72(71(76)77)78-65-64-73(3,4)5)81-70(75)63-61-59-57-55-53-51-49-47-45-43-41-39-36-33-31-29-27-25-23-21-19-17-15-13-11-9-7-2/h9,11,15,17-18,20-21,23-24,26-27,29,33,36,68,72H,6-8,10,12-14,16,19,22,25,28,30-32,34-35,37-67H2,1-5H3/b11-9-,17-15-,20-18-,23-21-,26-24-,29-27-,36-33-. The Balaban J connectivity index is 4.14. The Hall–Kier alpha value is -3.53. The lowest BCUT2D eigenvalue weighted by atomic mass is 10.0. The van der Waals surface area contributed by atoms with Gasteiger partial charge in [-0.1, -0.05) is 279 Å². The molecule has 0 radical (unpaired) electrons. The molecule has 0 saturated carbocycles. The highest BCUT2D eigenvalue weighted by molar-refractivity contribution is 5.70. The summed E-state index contributed by atoms with van der Waals surface area (Å²) in [7, 11) is 5.93. The number of rotatable bonds is 62. The van der Waals surface area contributed by atoms with Crippen LogP contribution in [-0.4, -0.2) is 82.3 Å². The fourth-order valence-corrected chi connectivity index (χ4v) is 9.48. The predicted octanol–water partition coefficient (Wildman–Crippen LogP) is 19.4. The summed E-state index contributed by atoms with van der Waals surface area (Å²) in [4.78, 5) is 37.5. The van der Waals surface area contributed by atoms with Crippen LogP contribution in [0.4, 0.5) is 0 Å². The summed E-state index contributed by atoms with van der Waals surface area (Å²) in [6, 6.07) is 0.